The van der Waals surface area contributed by atoms with E-state index < -0.39 is 66.0 Å². The fourth-order valence-electron chi connectivity index (χ4n) is 2.18. The largest absolute Gasteiger partial charge is 0.508 e. The van der Waals surface area contributed by atoms with Crippen LogP contribution < -0.4 is 0 Å². The maximum atomic E-state index is 14.3. The van der Waals surface area contributed by atoms with Gasteiger partial charge in [-0.2, -0.15) is 70.2 Å². The van der Waals surface area contributed by atoms with Crippen LogP contribution in [0.5, 0.6) is 5.75 Å². The minimum Gasteiger partial charge on any atom is -0.508 e. The number of hydrogen-bond donors (Lipinski definition) is 1. The molecule has 18 heteroatoms. The van der Waals surface area contributed by atoms with Gasteiger partial charge >= 0.3 is 42.0 Å². The molecule has 0 amide bonds. The van der Waals surface area contributed by atoms with Crippen LogP contribution in [0.15, 0.2) is 24.3 Å². The predicted molar refractivity (Wildman–Crippen MR) is 73.6 cm³/mol. The summed E-state index contributed by atoms with van der Waals surface area (Å²) in [5.74, 6) is -40.1. The number of hydrogen-bond acceptors (Lipinski definition) is 2. The number of halogens is 16. The number of benzene rings is 1. The van der Waals surface area contributed by atoms with Gasteiger partial charge in [-0.15, -0.1) is 0 Å². The number of phenols is 1. The van der Waals surface area contributed by atoms with Gasteiger partial charge in [0, 0.05) is 0 Å². The normalized spacial score (nSPS) is 16.1. The Balaban J connectivity index is 3.66. The van der Waals surface area contributed by atoms with Gasteiger partial charge in [0.15, 0.2) is 6.10 Å². The molecule has 1 rings (SSSR count). The topological polar surface area (TPSA) is 29.5 Å². The highest BCUT2D eigenvalue weighted by Gasteiger charge is 2.91. The molecule has 0 saturated heterocycles. The van der Waals surface area contributed by atoms with E-state index >= 15 is 0 Å². The van der Waals surface area contributed by atoms with Gasteiger partial charge in [-0.25, -0.2) is 0 Å². The third-order valence-corrected chi connectivity index (χ3v) is 3.90. The van der Waals surface area contributed by atoms with Crippen molar-refractivity contribution in [1.82, 2.24) is 0 Å². The van der Waals surface area contributed by atoms with E-state index in [1.54, 1.807) is 0 Å². The fourth-order valence-corrected chi connectivity index (χ4v) is 2.18. The molecule has 1 unspecified atom stereocenters. The monoisotopic (exact) mass is 524 g/mol. The molecule has 2 nitrogen and oxygen atoms in total. The molecule has 0 saturated carbocycles. The lowest BCUT2D eigenvalue weighted by Gasteiger charge is -2.41. The Kier molecular flexibility index (Phi) is 7.24. The molecule has 0 aliphatic heterocycles. The van der Waals surface area contributed by atoms with Gasteiger partial charge in [-0.1, -0.05) is 12.1 Å². The van der Waals surface area contributed by atoms with E-state index in [0.717, 1.165) is 0 Å². The minimum atomic E-state index is -8.21. The lowest BCUT2D eigenvalue weighted by Crippen LogP contribution is -2.70. The van der Waals surface area contributed by atoms with E-state index in [-0.39, 0.29) is 12.1 Å². The molecule has 0 aromatic heterocycles. The van der Waals surface area contributed by atoms with Crippen LogP contribution in [0.4, 0.5) is 70.2 Å². The molecule has 0 heterocycles. The summed E-state index contributed by atoms with van der Waals surface area (Å²) in [4.78, 5) is 0. The summed E-state index contributed by atoms with van der Waals surface area (Å²) in [5.41, 5.74) is -1.59. The summed E-state index contributed by atoms with van der Waals surface area (Å²) in [6, 6.07) is 0.804. The van der Waals surface area contributed by atoms with Crippen molar-refractivity contribution in [2.45, 2.75) is 48.1 Å². The quantitative estimate of drug-likeness (QED) is 0.382. The standard InChI is InChI=1S/C15H8F16O2/c16-9(17,18)5-33-8(6-1-3-7(32)4-2-6)10(19,20)11(21,22)12(23,24)13(25,26)14(27,28)15(29,30)31/h1-4,8,32H,5H2. The van der Waals surface area contributed by atoms with Crippen LogP contribution in [0.2, 0.25) is 0 Å². The van der Waals surface area contributed by atoms with E-state index in [4.69, 9.17) is 5.11 Å². The number of alkyl halides is 16. The van der Waals surface area contributed by atoms with Gasteiger partial charge in [-0.3, -0.25) is 0 Å². The molecule has 1 N–H and O–H groups in total. The van der Waals surface area contributed by atoms with E-state index in [9.17, 15) is 70.2 Å². The Hall–Kier alpha value is -2.14. The molecule has 0 radical (unpaired) electrons. The van der Waals surface area contributed by atoms with Crippen LogP contribution >= 0.6 is 0 Å². The summed E-state index contributed by atoms with van der Waals surface area (Å²) in [6.07, 6.45) is -17.5. The Morgan fingerprint density at radius 1 is 0.606 bits per heavy atom. The molecule has 33 heavy (non-hydrogen) atoms. The van der Waals surface area contributed by atoms with Crippen LogP contribution in [0.25, 0.3) is 0 Å². The average molecular weight is 524 g/mol. The molecule has 0 fully saturated rings. The van der Waals surface area contributed by atoms with Crippen LogP contribution in [0.1, 0.15) is 11.7 Å². The van der Waals surface area contributed by atoms with E-state index in [2.05, 4.69) is 4.74 Å². The highest BCUT2D eigenvalue weighted by molar-refractivity contribution is 5.29. The molecule has 1 aromatic rings. The maximum Gasteiger partial charge on any atom is 0.460 e. The van der Waals surface area contributed by atoms with Gasteiger partial charge in [0.05, 0.1) is 0 Å². The third-order valence-electron chi connectivity index (χ3n) is 3.90. The molecule has 192 valence electrons. The van der Waals surface area contributed by atoms with E-state index in [0.29, 0.717) is 12.1 Å². The van der Waals surface area contributed by atoms with Crippen LogP contribution in [0.3, 0.4) is 0 Å². The first-order valence-electron chi connectivity index (χ1n) is 7.77. The molecule has 0 bridgehead atoms. The zero-order valence-corrected chi connectivity index (χ0v) is 15.0. The first-order valence-corrected chi connectivity index (χ1v) is 7.77. The van der Waals surface area contributed by atoms with Gasteiger partial charge in [0.1, 0.15) is 12.4 Å². The van der Waals surface area contributed by atoms with Crippen LogP contribution in [0, 0.1) is 0 Å². The Morgan fingerprint density at radius 3 is 1.36 bits per heavy atom. The minimum absolute atomic E-state index is 0.0843. The molecule has 0 aliphatic carbocycles. The summed E-state index contributed by atoms with van der Waals surface area (Å²) >= 11 is 0. The first kappa shape index (κ1) is 28.9. The Bertz CT molecular complexity index is 809. The van der Waals surface area contributed by atoms with Crippen molar-refractivity contribution in [3.63, 3.8) is 0 Å². The Labute approximate surface area is 171 Å². The smallest absolute Gasteiger partial charge is 0.460 e. The van der Waals surface area contributed by atoms with Gasteiger partial charge in [0.2, 0.25) is 0 Å². The summed E-state index contributed by atoms with van der Waals surface area (Å²) in [7, 11) is 0. The van der Waals surface area contributed by atoms with Crippen molar-refractivity contribution in [2.24, 2.45) is 0 Å². The molecule has 1 aromatic carbocycles. The van der Waals surface area contributed by atoms with Gasteiger partial charge < -0.3 is 9.84 Å². The van der Waals surface area contributed by atoms with Crippen molar-refractivity contribution in [3.8, 4) is 5.75 Å². The number of ether oxygens (including phenoxy) is 1. The molecule has 1 atom stereocenters. The Morgan fingerprint density at radius 2 is 1.00 bits per heavy atom. The van der Waals surface area contributed by atoms with Crippen LogP contribution in [-0.2, 0) is 4.74 Å². The summed E-state index contributed by atoms with van der Waals surface area (Å²) < 4.78 is 213. The fraction of sp³-hybridized carbons (Fsp3) is 0.600. The van der Waals surface area contributed by atoms with Crippen molar-refractivity contribution >= 4 is 0 Å². The molecule has 0 aliphatic rings. The molecule has 0 spiro atoms. The highest BCUT2D eigenvalue weighted by Crippen LogP contribution is 2.62. The average Bonchev–Trinajstić information content (AvgIpc) is 2.60. The third kappa shape index (κ3) is 4.89. The summed E-state index contributed by atoms with van der Waals surface area (Å²) in [5, 5.41) is 9.00. The SMILES string of the molecule is Oc1ccc(C(OCC(F)(F)F)C(F)(F)C(F)(F)C(F)(F)C(F)(F)C(F)(F)C(F)(F)F)cc1. The van der Waals surface area contributed by atoms with Gasteiger partial charge in [-0.05, 0) is 17.7 Å². The molecular weight excluding hydrogens is 516 g/mol. The lowest BCUT2D eigenvalue weighted by molar-refractivity contribution is -0.446. The highest BCUT2D eigenvalue weighted by atomic mass is 19.4. The number of phenolic OH excluding ortho intramolecular Hbond substituents is 1. The first-order chi connectivity index (χ1) is 14.3. The van der Waals surface area contributed by atoms with Crippen molar-refractivity contribution in [3.05, 3.63) is 29.8 Å². The second-order valence-corrected chi connectivity index (χ2v) is 6.32. The predicted octanol–water partition coefficient (Wildman–Crippen LogP) is 6.75. The molecular formula is C15H8F16O2. The van der Waals surface area contributed by atoms with Crippen molar-refractivity contribution < 1.29 is 80.1 Å². The van der Waals surface area contributed by atoms with Crippen molar-refractivity contribution in [1.29, 1.82) is 0 Å². The van der Waals surface area contributed by atoms with Gasteiger partial charge in [0.25, 0.3) is 0 Å². The lowest BCUT2D eigenvalue weighted by atomic mass is 9.89. The number of rotatable bonds is 8. The maximum absolute atomic E-state index is 14.3. The zero-order chi connectivity index (χ0) is 26.5. The van der Waals surface area contributed by atoms with E-state index in [1.807, 2.05) is 0 Å². The summed E-state index contributed by atoms with van der Waals surface area (Å²) in [6.45, 7) is -2.90. The second kappa shape index (κ2) is 8.26. The number of aromatic hydroxyl groups is 1. The second-order valence-electron chi connectivity index (χ2n) is 6.32. The van der Waals surface area contributed by atoms with Crippen LogP contribution in [-0.4, -0.2) is 53.7 Å². The van der Waals surface area contributed by atoms with Crippen molar-refractivity contribution in [2.75, 3.05) is 6.61 Å². The zero-order valence-electron chi connectivity index (χ0n) is 15.0. The van der Waals surface area contributed by atoms with E-state index in [1.165, 1.54) is 0 Å².